The summed E-state index contributed by atoms with van der Waals surface area (Å²) in [7, 11) is 1.06. The van der Waals surface area contributed by atoms with Crippen molar-refractivity contribution in [3.63, 3.8) is 0 Å². The van der Waals surface area contributed by atoms with Crippen molar-refractivity contribution in [1.29, 1.82) is 0 Å². The van der Waals surface area contributed by atoms with Crippen molar-refractivity contribution in [3.05, 3.63) is 23.5 Å². The average molecular weight is 250 g/mol. The fourth-order valence-corrected chi connectivity index (χ4v) is 2.51. The molecule has 0 saturated carbocycles. The molecule has 0 aliphatic carbocycles. The Morgan fingerprint density at radius 1 is 1.40 bits per heavy atom. The first-order valence-corrected chi connectivity index (χ1v) is 6.26. The molecule has 1 heterocycles. The summed E-state index contributed by atoms with van der Waals surface area (Å²) < 4.78 is 35.2. The standard InChI is InChI=1S/C8H5ClFNO3S/c9-15(13,14)6-3-5(10)1-4-2-7(12)11-8(4)6/h1,3H,2H2,(H,11,12). The first-order chi connectivity index (χ1) is 6.88. The second-order valence-electron chi connectivity index (χ2n) is 3.10. The lowest BCUT2D eigenvalue weighted by molar-refractivity contribution is -0.115. The Labute approximate surface area is 89.5 Å². The normalized spacial score (nSPS) is 14.9. The lowest BCUT2D eigenvalue weighted by Crippen LogP contribution is -2.05. The van der Waals surface area contributed by atoms with Crippen molar-refractivity contribution >= 4 is 31.3 Å². The molecule has 1 N–H and O–H groups in total. The van der Waals surface area contributed by atoms with Crippen LogP contribution in [0.3, 0.4) is 0 Å². The predicted molar refractivity (Wildman–Crippen MR) is 51.8 cm³/mol. The zero-order valence-corrected chi connectivity index (χ0v) is 8.82. The summed E-state index contributed by atoms with van der Waals surface area (Å²) in [6, 6.07) is 1.89. The molecule has 2 rings (SSSR count). The fraction of sp³-hybridized carbons (Fsp3) is 0.125. The minimum Gasteiger partial charge on any atom is -0.324 e. The summed E-state index contributed by atoms with van der Waals surface area (Å²) in [4.78, 5) is 10.6. The molecule has 7 heteroatoms. The number of hydrogen-bond donors (Lipinski definition) is 1. The number of nitrogens with one attached hydrogen (secondary N) is 1. The van der Waals surface area contributed by atoms with Gasteiger partial charge in [-0.15, -0.1) is 0 Å². The second kappa shape index (κ2) is 3.18. The summed E-state index contributed by atoms with van der Waals surface area (Å²) in [6.07, 6.45) is -0.0352. The van der Waals surface area contributed by atoms with Gasteiger partial charge in [-0.3, -0.25) is 4.79 Å². The Morgan fingerprint density at radius 3 is 2.67 bits per heavy atom. The Balaban J connectivity index is 2.73. The van der Waals surface area contributed by atoms with E-state index < -0.39 is 19.8 Å². The van der Waals surface area contributed by atoms with Gasteiger partial charge in [-0.25, -0.2) is 12.8 Å². The number of fused-ring (bicyclic) bond motifs is 1. The van der Waals surface area contributed by atoms with Gasteiger partial charge in [0, 0.05) is 10.7 Å². The molecule has 4 nitrogen and oxygen atoms in total. The molecule has 1 aliphatic heterocycles. The molecule has 1 aliphatic rings. The monoisotopic (exact) mass is 249 g/mol. The molecule has 0 unspecified atom stereocenters. The van der Waals surface area contributed by atoms with Crippen molar-refractivity contribution in [2.24, 2.45) is 0 Å². The summed E-state index contributed by atoms with van der Waals surface area (Å²) in [5.74, 6) is -1.11. The van der Waals surface area contributed by atoms with Crippen LogP contribution in [0.25, 0.3) is 0 Å². The third-order valence-corrected chi connectivity index (χ3v) is 3.37. The van der Waals surface area contributed by atoms with Crippen molar-refractivity contribution in [1.82, 2.24) is 0 Å². The molecule has 1 aromatic carbocycles. The summed E-state index contributed by atoms with van der Waals surface area (Å²) >= 11 is 0. The van der Waals surface area contributed by atoms with E-state index in [4.69, 9.17) is 10.7 Å². The third-order valence-electron chi connectivity index (χ3n) is 2.03. The Kier molecular flexibility index (Phi) is 2.20. The first kappa shape index (κ1) is 10.4. The molecule has 0 fully saturated rings. The quantitative estimate of drug-likeness (QED) is 0.762. The lowest BCUT2D eigenvalue weighted by Gasteiger charge is -2.04. The number of carbonyl (C=O) groups is 1. The van der Waals surface area contributed by atoms with Crippen LogP contribution in [-0.2, 0) is 20.3 Å². The highest BCUT2D eigenvalue weighted by atomic mass is 35.7. The van der Waals surface area contributed by atoms with Gasteiger partial charge in [0.15, 0.2) is 0 Å². The molecule has 0 atom stereocenters. The number of carbonyl (C=O) groups excluding carboxylic acids is 1. The minimum absolute atomic E-state index is 0.0352. The zero-order valence-electron chi connectivity index (χ0n) is 7.25. The van der Waals surface area contributed by atoms with E-state index in [2.05, 4.69) is 5.32 Å². The van der Waals surface area contributed by atoms with Crippen molar-refractivity contribution < 1.29 is 17.6 Å². The van der Waals surface area contributed by atoms with E-state index in [0.717, 1.165) is 12.1 Å². The van der Waals surface area contributed by atoms with E-state index >= 15 is 0 Å². The van der Waals surface area contributed by atoms with Crippen LogP contribution in [0.5, 0.6) is 0 Å². The predicted octanol–water partition coefficient (Wildman–Crippen LogP) is 1.25. The highest BCUT2D eigenvalue weighted by molar-refractivity contribution is 8.13. The van der Waals surface area contributed by atoms with Gasteiger partial charge in [0.2, 0.25) is 5.91 Å². The topological polar surface area (TPSA) is 63.2 Å². The molecule has 1 aromatic rings. The van der Waals surface area contributed by atoms with Crippen LogP contribution in [0.15, 0.2) is 17.0 Å². The lowest BCUT2D eigenvalue weighted by atomic mass is 10.1. The molecule has 0 spiro atoms. The second-order valence-corrected chi connectivity index (χ2v) is 5.64. The van der Waals surface area contributed by atoms with Gasteiger partial charge in [-0.2, -0.15) is 0 Å². The van der Waals surface area contributed by atoms with Gasteiger partial charge in [-0.1, -0.05) is 0 Å². The van der Waals surface area contributed by atoms with Crippen molar-refractivity contribution in [3.8, 4) is 0 Å². The zero-order chi connectivity index (χ0) is 11.2. The highest BCUT2D eigenvalue weighted by Gasteiger charge is 2.27. The summed E-state index contributed by atoms with van der Waals surface area (Å²) in [5.41, 5.74) is 0.385. The van der Waals surface area contributed by atoms with Crippen LogP contribution >= 0.6 is 10.7 Å². The van der Waals surface area contributed by atoms with Gasteiger partial charge in [0.1, 0.15) is 10.7 Å². The molecule has 0 aromatic heterocycles. The molecule has 15 heavy (non-hydrogen) atoms. The highest BCUT2D eigenvalue weighted by Crippen LogP contribution is 2.33. The van der Waals surface area contributed by atoms with Crippen LogP contribution < -0.4 is 5.32 Å². The Morgan fingerprint density at radius 2 is 2.07 bits per heavy atom. The van der Waals surface area contributed by atoms with E-state index in [0.29, 0.717) is 5.56 Å². The maximum Gasteiger partial charge on any atom is 0.263 e. The number of hydrogen-bond acceptors (Lipinski definition) is 3. The Hall–Kier alpha value is -1.14. The van der Waals surface area contributed by atoms with Crippen molar-refractivity contribution in [2.45, 2.75) is 11.3 Å². The van der Waals surface area contributed by atoms with E-state index in [9.17, 15) is 17.6 Å². The fourth-order valence-electron chi connectivity index (χ4n) is 1.47. The SMILES string of the molecule is O=C1Cc2cc(F)cc(S(=O)(=O)Cl)c2N1. The Bertz CT molecular complexity index is 555. The largest absolute Gasteiger partial charge is 0.324 e. The smallest absolute Gasteiger partial charge is 0.263 e. The van der Waals surface area contributed by atoms with Crippen LogP contribution in [0.4, 0.5) is 10.1 Å². The van der Waals surface area contributed by atoms with E-state index in [1.165, 1.54) is 0 Å². The molecule has 80 valence electrons. The number of anilines is 1. The van der Waals surface area contributed by atoms with Crippen molar-refractivity contribution in [2.75, 3.05) is 5.32 Å². The molecular weight excluding hydrogens is 245 g/mol. The van der Waals surface area contributed by atoms with Crippen LogP contribution in [0, 0.1) is 5.82 Å². The molecule has 0 saturated heterocycles. The minimum atomic E-state index is -4.06. The van der Waals surface area contributed by atoms with Gasteiger partial charge >= 0.3 is 0 Å². The van der Waals surface area contributed by atoms with E-state index in [1.54, 1.807) is 0 Å². The van der Waals surface area contributed by atoms with E-state index in [1.807, 2.05) is 0 Å². The first-order valence-electron chi connectivity index (χ1n) is 3.95. The van der Waals surface area contributed by atoms with Crippen LogP contribution in [0.1, 0.15) is 5.56 Å². The van der Waals surface area contributed by atoms with Gasteiger partial charge in [0.05, 0.1) is 12.1 Å². The summed E-state index contributed by atoms with van der Waals surface area (Å²) in [6.45, 7) is 0. The van der Waals surface area contributed by atoms with Gasteiger partial charge in [0.25, 0.3) is 9.05 Å². The maximum atomic E-state index is 13.0. The van der Waals surface area contributed by atoms with E-state index in [-0.39, 0.29) is 18.0 Å². The van der Waals surface area contributed by atoms with Crippen LogP contribution in [0.2, 0.25) is 0 Å². The molecule has 0 radical (unpaired) electrons. The van der Waals surface area contributed by atoms with Gasteiger partial charge < -0.3 is 5.32 Å². The number of rotatable bonds is 1. The average Bonchev–Trinajstić information content (AvgIpc) is 2.41. The molecular formula is C8H5ClFNO3S. The number of halogens is 2. The molecule has 0 bridgehead atoms. The summed E-state index contributed by atoms with van der Waals surface area (Å²) in [5, 5.41) is 2.33. The maximum absolute atomic E-state index is 13.0. The van der Waals surface area contributed by atoms with Gasteiger partial charge in [-0.05, 0) is 17.7 Å². The molecule has 1 amide bonds. The third kappa shape index (κ3) is 1.82. The number of amides is 1. The van der Waals surface area contributed by atoms with Crippen LogP contribution in [-0.4, -0.2) is 14.3 Å². The number of benzene rings is 1.